The van der Waals surface area contributed by atoms with Gasteiger partial charge in [-0.1, -0.05) is 48.5 Å². The van der Waals surface area contributed by atoms with Crippen molar-refractivity contribution in [2.45, 2.75) is 13.8 Å². The maximum absolute atomic E-state index is 13.5. The van der Waals surface area contributed by atoms with Crippen molar-refractivity contribution in [2.24, 2.45) is 0 Å². The SMILES string of the molecule is CCOC(=O)OC1=c2ccccc2=C2C(=O)C(OC(=O)OCC)=c3ccccc3=C2C1=O. The smallest absolute Gasteiger partial charge is 0.434 e. The number of carbonyl (C=O) groups is 4. The number of ether oxygens (including phenoxy) is 4. The van der Waals surface area contributed by atoms with Crippen LogP contribution in [0.25, 0.3) is 22.7 Å². The zero-order valence-corrected chi connectivity index (χ0v) is 17.3. The third-order valence-corrected chi connectivity index (χ3v) is 4.89. The number of Topliss-reactive ketones (excluding diaryl/α,β-unsaturated/α-hetero) is 2. The van der Waals surface area contributed by atoms with Gasteiger partial charge in [0, 0.05) is 21.6 Å². The average molecular weight is 434 g/mol. The molecule has 2 aliphatic carbocycles. The van der Waals surface area contributed by atoms with Crippen LogP contribution in [0.4, 0.5) is 9.59 Å². The first kappa shape index (κ1) is 21.0. The third-order valence-electron chi connectivity index (χ3n) is 4.89. The van der Waals surface area contributed by atoms with E-state index in [0.717, 1.165) is 0 Å². The second-order valence-corrected chi connectivity index (χ2v) is 6.73. The van der Waals surface area contributed by atoms with Crippen molar-refractivity contribution in [3.63, 3.8) is 0 Å². The summed E-state index contributed by atoms with van der Waals surface area (Å²) in [5, 5.41) is 1.25. The van der Waals surface area contributed by atoms with Crippen molar-refractivity contribution in [3.05, 3.63) is 69.4 Å². The normalized spacial score (nSPS) is 14.3. The summed E-state index contributed by atoms with van der Waals surface area (Å²) in [6.07, 6.45) is -2.05. The lowest BCUT2D eigenvalue weighted by Crippen LogP contribution is -2.47. The van der Waals surface area contributed by atoms with Gasteiger partial charge in [0.05, 0.1) is 13.2 Å². The number of hydrogen-bond donors (Lipinski definition) is 0. The number of ketones is 2. The Labute approximate surface area is 181 Å². The topological polar surface area (TPSA) is 105 Å². The van der Waals surface area contributed by atoms with Gasteiger partial charge in [0.15, 0.2) is 11.5 Å². The lowest BCUT2D eigenvalue weighted by molar-refractivity contribution is -0.112. The van der Waals surface area contributed by atoms with Crippen molar-refractivity contribution in [1.29, 1.82) is 0 Å². The Hall–Kier alpha value is -4.20. The molecule has 4 rings (SSSR count). The number of fused-ring (bicyclic) bond motifs is 3. The van der Waals surface area contributed by atoms with Gasteiger partial charge in [-0.3, -0.25) is 9.59 Å². The molecular weight excluding hydrogens is 416 g/mol. The molecule has 0 radical (unpaired) electrons. The van der Waals surface area contributed by atoms with Crippen LogP contribution < -0.4 is 20.9 Å². The van der Waals surface area contributed by atoms with E-state index in [1.807, 2.05) is 0 Å². The molecule has 0 unspecified atom stereocenters. The zero-order valence-electron chi connectivity index (χ0n) is 17.3. The molecule has 0 bridgehead atoms. The van der Waals surface area contributed by atoms with Crippen LogP contribution in [0.1, 0.15) is 13.8 Å². The highest BCUT2D eigenvalue weighted by Crippen LogP contribution is 2.25. The third kappa shape index (κ3) is 3.45. The summed E-state index contributed by atoms with van der Waals surface area (Å²) in [7, 11) is 0. The summed E-state index contributed by atoms with van der Waals surface area (Å²) in [5.74, 6) is -1.78. The summed E-state index contributed by atoms with van der Waals surface area (Å²) >= 11 is 0. The first-order chi connectivity index (χ1) is 15.5. The molecule has 0 N–H and O–H groups in total. The minimum Gasteiger partial charge on any atom is -0.434 e. The summed E-state index contributed by atoms with van der Waals surface area (Å²) in [4.78, 5) is 51.0. The molecule has 0 saturated carbocycles. The van der Waals surface area contributed by atoms with Gasteiger partial charge in [-0.05, 0) is 24.3 Å². The summed E-state index contributed by atoms with van der Waals surface area (Å²) in [5.41, 5.74) is 0.111. The standard InChI is InChI=1S/C24H18O8/c1-3-29-23(27)31-21-15-11-7-5-9-13(15)18-17(19(21)25)14-10-6-8-12-16(14)22(20(18)26)32-24(28)30-4-2/h5-12H,3-4H2,1-2H3. The molecule has 0 heterocycles. The second-order valence-electron chi connectivity index (χ2n) is 6.73. The van der Waals surface area contributed by atoms with E-state index in [2.05, 4.69) is 0 Å². The highest BCUT2D eigenvalue weighted by molar-refractivity contribution is 6.58. The minimum absolute atomic E-state index is 0.0554. The van der Waals surface area contributed by atoms with Gasteiger partial charge in [0.1, 0.15) is 0 Å². The molecule has 0 saturated heterocycles. The molecule has 8 nitrogen and oxygen atoms in total. The summed E-state index contributed by atoms with van der Waals surface area (Å²) in [6, 6.07) is 13.0. The van der Waals surface area contributed by atoms with Gasteiger partial charge < -0.3 is 18.9 Å². The highest BCUT2D eigenvalue weighted by Gasteiger charge is 2.37. The Morgan fingerprint density at radius 2 is 0.969 bits per heavy atom. The number of benzene rings is 2. The van der Waals surface area contributed by atoms with Crippen molar-refractivity contribution >= 4 is 46.5 Å². The Bertz CT molecular complexity index is 1300. The van der Waals surface area contributed by atoms with Crippen LogP contribution in [0.15, 0.2) is 48.5 Å². The fourth-order valence-electron chi connectivity index (χ4n) is 3.67. The minimum atomic E-state index is -1.02. The van der Waals surface area contributed by atoms with Gasteiger partial charge in [0.2, 0.25) is 11.6 Å². The zero-order chi connectivity index (χ0) is 22.8. The molecule has 32 heavy (non-hydrogen) atoms. The number of rotatable bonds is 4. The van der Waals surface area contributed by atoms with E-state index in [-0.39, 0.29) is 46.3 Å². The maximum Gasteiger partial charge on any atom is 0.513 e. The van der Waals surface area contributed by atoms with Crippen LogP contribution in [0, 0.1) is 0 Å². The molecule has 2 aliphatic rings. The summed E-state index contributed by atoms with van der Waals surface area (Å²) < 4.78 is 20.1. The second kappa shape index (κ2) is 8.50. The van der Waals surface area contributed by atoms with Gasteiger partial charge in [-0.25, -0.2) is 9.59 Å². The molecule has 2 aromatic carbocycles. The Balaban J connectivity index is 2.07. The van der Waals surface area contributed by atoms with Crippen LogP contribution in [-0.4, -0.2) is 37.1 Å². The van der Waals surface area contributed by atoms with Crippen molar-refractivity contribution in [2.75, 3.05) is 13.2 Å². The molecule has 0 aromatic heterocycles. The van der Waals surface area contributed by atoms with E-state index in [0.29, 0.717) is 10.4 Å². The van der Waals surface area contributed by atoms with Crippen molar-refractivity contribution in [3.8, 4) is 0 Å². The average Bonchev–Trinajstić information content (AvgIpc) is 2.78. The molecule has 0 amide bonds. The fourth-order valence-corrected chi connectivity index (χ4v) is 3.67. The van der Waals surface area contributed by atoms with Crippen molar-refractivity contribution < 1.29 is 38.1 Å². The first-order valence-electron chi connectivity index (χ1n) is 9.94. The molecule has 162 valence electrons. The number of carbonyl (C=O) groups excluding carboxylic acids is 4. The predicted molar refractivity (Wildman–Crippen MR) is 111 cm³/mol. The highest BCUT2D eigenvalue weighted by atomic mass is 16.7. The predicted octanol–water partition coefficient (Wildman–Crippen LogP) is 0.416. The van der Waals surface area contributed by atoms with Gasteiger partial charge in [-0.15, -0.1) is 0 Å². The van der Waals surface area contributed by atoms with E-state index in [1.165, 1.54) is 0 Å². The van der Waals surface area contributed by atoms with Gasteiger partial charge >= 0.3 is 12.3 Å². The summed E-state index contributed by atoms with van der Waals surface area (Å²) in [6.45, 7) is 3.36. The van der Waals surface area contributed by atoms with Crippen LogP contribution in [0.2, 0.25) is 0 Å². The molecule has 8 heteroatoms. The van der Waals surface area contributed by atoms with E-state index < -0.39 is 23.9 Å². The lowest BCUT2D eigenvalue weighted by atomic mass is 9.83. The van der Waals surface area contributed by atoms with Gasteiger partial charge in [-0.2, -0.15) is 0 Å². The molecule has 0 spiro atoms. The van der Waals surface area contributed by atoms with Crippen LogP contribution >= 0.6 is 0 Å². The monoisotopic (exact) mass is 434 g/mol. The quantitative estimate of drug-likeness (QED) is 0.638. The maximum atomic E-state index is 13.5. The van der Waals surface area contributed by atoms with Crippen LogP contribution in [0.5, 0.6) is 0 Å². The molecular formula is C24H18O8. The van der Waals surface area contributed by atoms with E-state index in [9.17, 15) is 19.2 Å². The first-order valence-corrected chi connectivity index (χ1v) is 9.94. The largest absolute Gasteiger partial charge is 0.513 e. The van der Waals surface area contributed by atoms with E-state index in [4.69, 9.17) is 18.9 Å². The van der Waals surface area contributed by atoms with Crippen LogP contribution in [0.3, 0.4) is 0 Å². The van der Waals surface area contributed by atoms with E-state index >= 15 is 0 Å². The van der Waals surface area contributed by atoms with Crippen LogP contribution in [-0.2, 0) is 28.5 Å². The molecule has 0 atom stereocenters. The molecule has 0 aliphatic heterocycles. The lowest BCUT2D eigenvalue weighted by Gasteiger charge is -2.22. The Morgan fingerprint density at radius 1 is 0.625 bits per heavy atom. The fraction of sp³-hybridized carbons (Fsp3) is 0.167. The molecule has 2 aromatic rings. The Kier molecular flexibility index (Phi) is 5.59. The Morgan fingerprint density at radius 3 is 1.31 bits per heavy atom. The van der Waals surface area contributed by atoms with E-state index in [1.54, 1.807) is 62.4 Å². The molecule has 0 fully saturated rings. The van der Waals surface area contributed by atoms with Gasteiger partial charge in [0.25, 0.3) is 0 Å². The number of hydrogen-bond acceptors (Lipinski definition) is 8. The van der Waals surface area contributed by atoms with Crippen molar-refractivity contribution in [1.82, 2.24) is 0 Å².